The van der Waals surface area contributed by atoms with E-state index < -0.39 is 0 Å². The normalized spacial score (nSPS) is 14.4. The van der Waals surface area contributed by atoms with Crippen LogP contribution in [0.2, 0.25) is 0 Å². The molecule has 0 amide bonds. The zero-order valence-electron chi connectivity index (χ0n) is 6.89. The molecule has 0 saturated heterocycles. The van der Waals surface area contributed by atoms with E-state index in [9.17, 15) is 0 Å². The van der Waals surface area contributed by atoms with Crippen molar-refractivity contribution in [3.63, 3.8) is 0 Å². The van der Waals surface area contributed by atoms with Crippen LogP contribution in [0.4, 0.5) is 0 Å². The van der Waals surface area contributed by atoms with Crippen LogP contribution in [-0.2, 0) is 0 Å². The molecule has 2 nitrogen and oxygen atoms in total. The minimum absolute atomic E-state index is 0.370. The van der Waals surface area contributed by atoms with Gasteiger partial charge in [0.2, 0.25) is 0 Å². The van der Waals surface area contributed by atoms with Gasteiger partial charge in [-0.3, -0.25) is 4.99 Å². The summed E-state index contributed by atoms with van der Waals surface area (Å²) in [5.74, 6) is 0.370. The van der Waals surface area contributed by atoms with E-state index in [0.29, 0.717) is 12.3 Å². The molecule has 0 fully saturated rings. The summed E-state index contributed by atoms with van der Waals surface area (Å²) in [5.41, 5.74) is 1.09. The van der Waals surface area contributed by atoms with Gasteiger partial charge in [0.05, 0.1) is 6.07 Å². The van der Waals surface area contributed by atoms with Crippen LogP contribution in [0.1, 0.15) is 26.7 Å². The highest BCUT2D eigenvalue weighted by Crippen LogP contribution is 2.08. The van der Waals surface area contributed by atoms with Crippen LogP contribution in [0.25, 0.3) is 0 Å². The van der Waals surface area contributed by atoms with Crippen LogP contribution in [0.5, 0.6) is 0 Å². The minimum atomic E-state index is 0.370. The molecule has 56 valence electrons. The first-order valence-corrected chi connectivity index (χ1v) is 3.56. The van der Waals surface area contributed by atoms with Gasteiger partial charge in [-0.2, -0.15) is 5.26 Å². The van der Waals surface area contributed by atoms with Crippen LogP contribution < -0.4 is 0 Å². The Morgan fingerprint density at radius 2 is 2.30 bits per heavy atom. The third-order valence-electron chi connectivity index (χ3n) is 1.77. The molecule has 0 rings (SSSR count). The van der Waals surface area contributed by atoms with Crippen LogP contribution in [-0.4, -0.2) is 12.8 Å². The molecule has 0 saturated carbocycles. The first-order chi connectivity index (χ1) is 4.76. The molecule has 0 radical (unpaired) electrons. The van der Waals surface area contributed by atoms with E-state index in [1.54, 1.807) is 7.05 Å². The molecular formula is C8H14N2. The van der Waals surface area contributed by atoms with Gasteiger partial charge in [-0.1, -0.05) is 6.92 Å². The molecule has 0 aromatic carbocycles. The van der Waals surface area contributed by atoms with E-state index in [4.69, 9.17) is 5.26 Å². The average molecular weight is 138 g/mol. The Morgan fingerprint density at radius 3 is 2.60 bits per heavy atom. The van der Waals surface area contributed by atoms with Gasteiger partial charge in [-0.05, 0) is 13.3 Å². The molecule has 0 bridgehead atoms. The zero-order chi connectivity index (χ0) is 7.98. The number of hydrogen-bond donors (Lipinski definition) is 0. The molecule has 1 atom stereocenters. The van der Waals surface area contributed by atoms with Crippen LogP contribution in [0, 0.1) is 17.2 Å². The lowest BCUT2D eigenvalue weighted by Gasteiger charge is -2.08. The summed E-state index contributed by atoms with van der Waals surface area (Å²) in [6.45, 7) is 4.06. The number of rotatable bonds is 3. The second-order valence-electron chi connectivity index (χ2n) is 2.33. The van der Waals surface area contributed by atoms with E-state index >= 15 is 0 Å². The van der Waals surface area contributed by atoms with E-state index in [0.717, 1.165) is 12.1 Å². The molecule has 0 N–H and O–H groups in total. The van der Waals surface area contributed by atoms with Gasteiger partial charge in [0.15, 0.2) is 0 Å². The summed E-state index contributed by atoms with van der Waals surface area (Å²) < 4.78 is 0. The number of nitrogens with zero attached hydrogens (tertiary/aromatic N) is 2. The van der Waals surface area contributed by atoms with Crippen molar-refractivity contribution >= 4 is 5.71 Å². The molecule has 0 aliphatic rings. The van der Waals surface area contributed by atoms with Gasteiger partial charge in [0.1, 0.15) is 0 Å². The lowest BCUT2D eigenvalue weighted by Crippen LogP contribution is -2.08. The van der Waals surface area contributed by atoms with E-state index in [2.05, 4.69) is 18.0 Å². The lowest BCUT2D eigenvalue weighted by molar-refractivity contribution is 0.679. The highest BCUT2D eigenvalue weighted by molar-refractivity contribution is 5.84. The first kappa shape index (κ1) is 9.16. The predicted octanol–water partition coefficient (Wildman–Crippen LogP) is 2.02. The van der Waals surface area contributed by atoms with Gasteiger partial charge in [0, 0.05) is 25.1 Å². The molecule has 0 aliphatic heterocycles. The quantitative estimate of drug-likeness (QED) is 0.549. The zero-order valence-corrected chi connectivity index (χ0v) is 6.89. The van der Waals surface area contributed by atoms with Crippen molar-refractivity contribution < 1.29 is 0 Å². The first-order valence-electron chi connectivity index (χ1n) is 3.56. The molecule has 0 aliphatic carbocycles. The fraction of sp³-hybridized carbons (Fsp3) is 0.750. The molecule has 0 heterocycles. The van der Waals surface area contributed by atoms with Crippen molar-refractivity contribution in [3.05, 3.63) is 0 Å². The van der Waals surface area contributed by atoms with Crippen LogP contribution in [0.3, 0.4) is 0 Å². The second-order valence-corrected chi connectivity index (χ2v) is 2.33. The molecule has 0 aromatic rings. The maximum absolute atomic E-state index is 8.41. The Morgan fingerprint density at radius 1 is 1.70 bits per heavy atom. The van der Waals surface area contributed by atoms with Gasteiger partial charge in [-0.25, -0.2) is 0 Å². The summed E-state index contributed by atoms with van der Waals surface area (Å²) in [6.07, 6.45) is 1.61. The minimum Gasteiger partial charge on any atom is -0.297 e. The molecule has 0 aromatic heterocycles. The highest BCUT2D eigenvalue weighted by Gasteiger charge is 2.07. The van der Waals surface area contributed by atoms with Gasteiger partial charge >= 0.3 is 0 Å². The topological polar surface area (TPSA) is 36.1 Å². The third-order valence-corrected chi connectivity index (χ3v) is 1.77. The Labute approximate surface area is 62.6 Å². The van der Waals surface area contributed by atoms with Crippen molar-refractivity contribution in [1.82, 2.24) is 0 Å². The maximum Gasteiger partial charge on any atom is 0.0628 e. The van der Waals surface area contributed by atoms with Crippen LogP contribution in [0.15, 0.2) is 4.99 Å². The van der Waals surface area contributed by atoms with Gasteiger partial charge in [0.25, 0.3) is 0 Å². The van der Waals surface area contributed by atoms with Gasteiger partial charge < -0.3 is 0 Å². The fourth-order valence-corrected chi connectivity index (χ4v) is 0.880. The Balaban J connectivity index is 3.96. The number of nitriles is 1. The third kappa shape index (κ3) is 2.63. The Hall–Kier alpha value is -0.840. The summed E-state index contributed by atoms with van der Waals surface area (Å²) in [5, 5.41) is 8.41. The van der Waals surface area contributed by atoms with E-state index in [1.807, 2.05) is 6.92 Å². The summed E-state index contributed by atoms with van der Waals surface area (Å²) in [6, 6.07) is 2.15. The predicted molar refractivity (Wildman–Crippen MR) is 43.0 cm³/mol. The lowest BCUT2D eigenvalue weighted by atomic mass is 9.98. The second kappa shape index (κ2) is 4.99. The molecule has 2 heteroatoms. The van der Waals surface area contributed by atoms with Crippen molar-refractivity contribution in [2.24, 2.45) is 10.9 Å². The summed E-state index contributed by atoms with van der Waals surface area (Å²) in [7, 11) is 1.77. The van der Waals surface area contributed by atoms with Crippen molar-refractivity contribution in [2.75, 3.05) is 7.05 Å². The van der Waals surface area contributed by atoms with E-state index in [1.165, 1.54) is 0 Å². The monoisotopic (exact) mass is 138 g/mol. The SMILES string of the molecule is CCC(CC#N)/C(C)=N\C. The van der Waals surface area contributed by atoms with Crippen molar-refractivity contribution in [1.29, 1.82) is 5.26 Å². The Kier molecular flexibility index (Phi) is 4.57. The molecule has 1 unspecified atom stereocenters. The smallest absolute Gasteiger partial charge is 0.0628 e. The van der Waals surface area contributed by atoms with Crippen LogP contribution >= 0.6 is 0 Å². The van der Waals surface area contributed by atoms with Crippen molar-refractivity contribution in [3.8, 4) is 6.07 Å². The summed E-state index contributed by atoms with van der Waals surface area (Å²) in [4.78, 5) is 4.04. The fourth-order valence-electron chi connectivity index (χ4n) is 0.880. The Bertz CT molecular complexity index is 153. The van der Waals surface area contributed by atoms with Gasteiger partial charge in [-0.15, -0.1) is 0 Å². The largest absolute Gasteiger partial charge is 0.297 e. The average Bonchev–Trinajstić information content (AvgIpc) is 1.99. The molecular weight excluding hydrogens is 124 g/mol. The van der Waals surface area contributed by atoms with E-state index in [-0.39, 0.29) is 0 Å². The standard InChI is InChI=1S/C8H14N2/c1-4-8(5-6-9)7(2)10-3/h8H,4-5H2,1-3H3/b10-7-. The summed E-state index contributed by atoms with van der Waals surface area (Å²) >= 11 is 0. The number of hydrogen-bond acceptors (Lipinski definition) is 2. The maximum atomic E-state index is 8.41. The number of aliphatic imine (C=N–C) groups is 1. The molecule has 0 spiro atoms. The highest BCUT2D eigenvalue weighted by atomic mass is 14.7. The van der Waals surface area contributed by atoms with Crippen molar-refractivity contribution in [2.45, 2.75) is 26.7 Å². The molecule has 10 heavy (non-hydrogen) atoms.